The van der Waals surface area contributed by atoms with Gasteiger partial charge in [0, 0.05) is 18.8 Å². The van der Waals surface area contributed by atoms with Crippen LogP contribution in [0.25, 0.3) is 0 Å². The molecule has 6 heteroatoms. The van der Waals surface area contributed by atoms with Crippen LogP contribution in [-0.2, 0) is 0 Å². The molecule has 2 rings (SSSR count). The predicted octanol–water partition coefficient (Wildman–Crippen LogP) is 3.36. The number of carbonyl (C=O) groups is 2. The zero-order chi connectivity index (χ0) is 16.8. The number of anilines is 1. The summed E-state index contributed by atoms with van der Waals surface area (Å²) < 4.78 is 13.5. The number of nitrogens with zero attached hydrogens (tertiary/aromatic N) is 1. The second-order valence-corrected chi connectivity index (χ2v) is 6.06. The Morgan fingerprint density at radius 2 is 2.13 bits per heavy atom. The fraction of sp³-hybridized carbons (Fsp3) is 0.529. The van der Waals surface area contributed by atoms with Gasteiger partial charge in [-0.25, -0.2) is 9.18 Å². The van der Waals surface area contributed by atoms with E-state index in [0.29, 0.717) is 11.6 Å². The molecule has 23 heavy (non-hydrogen) atoms. The second kappa shape index (κ2) is 7.94. The van der Waals surface area contributed by atoms with Gasteiger partial charge in [-0.05, 0) is 43.4 Å². The van der Waals surface area contributed by atoms with Crippen molar-refractivity contribution in [2.24, 2.45) is 11.7 Å². The van der Waals surface area contributed by atoms with E-state index in [4.69, 9.17) is 5.73 Å². The lowest BCUT2D eigenvalue weighted by Gasteiger charge is -2.21. The van der Waals surface area contributed by atoms with Crippen molar-refractivity contribution >= 4 is 17.6 Å². The molecule has 1 aromatic carbocycles. The molecule has 1 saturated heterocycles. The number of halogens is 1. The average Bonchev–Trinajstić information content (AvgIpc) is 2.75. The van der Waals surface area contributed by atoms with Crippen LogP contribution in [0.1, 0.15) is 49.4 Å². The zero-order valence-electron chi connectivity index (χ0n) is 13.5. The minimum atomic E-state index is -0.851. The van der Waals surface area contributed by atoms with Gasteiger partial charge in [-0.1, -0.05) is 19.8 Å². The molecular formula is C17H24FN3O2. The molecule has 0 radical (unpaired) electrons. The standard InChI is InChI=1S/C17H24FN3O2/c1-2-4-12-5-3-9-21(10-8-12)17(23)20-13-6-7-15(18)14(11-13)16(19)22/h6-7,11-12H,2-5,8-10H2,1H3,(H2,19,22)(H,20,23)/t12-/m0/s1. The number of likely N-dealkylation sites (tertiary alicyclic amines) is 1. The number of hydrogen-bond acceptors (Lipinski definition) is 2. The highest BCUT2D eigenvalue weighted by atomic mass is 19.1. The van der Waals surface area contributed by atoms with E-state index in [0.717, 1.165) is 38.4 Å². The number of urea groups is 1. The van der Waals surface area contributed by atoms with Crippen molar-refractivity contribution in [1.82, 2.24) is 4.90 Å². The van der Waals surface area contributed by atoms with Crippen LogP contribution in [0.15, 0.2) is 18.2 Å². The zero-order valence-corrected chi connectivity index (χ0v) is 13.5. The smallest absolute Gasteiger partial charge is 0.321 e. The normalized spacial score (nSPS) is 18.3. The molecule has 0 aromatic heterocycles. The topological polar surface area (TPSA) is 75.4 Å². The molecular weight excluding hydrogens is 297 g/mol. The molecule has 0 bridgehead atoms. The number of primary amides is 1. The Kier molecular flexibility index (Phi) is 5.96. The fourth-order valence-electron chi connectivity index (χ4n) is 3.06. The summed E-state index contributed by atoms with van der Waals surface area (Å²) in [7, 11) is 0. The fourth-order valence-corrected chi connectivity index (χ4v) is 3.06. The van der Waals surface area contributed by atoms with E-state index in [9.17, 15) is 14.0 Å². The van der Waals surface area contributed by atoms with Crippen molar-refractivity contribution in [1.29, 1.82) is 0 Å². The first-order valence-corrected chi connectivity index (χ1v) is 8.16. The Bertz CT molecular complexity index is 577. The highest BCUT2D eigenvalue weighted by Gasteiger charge is 2.20. The number of benzene rings is 1. The third kappa shape index (κ3) is 4.68. The van der Waals surface area contributed by atoms with E-state index in [1.165, 1.54) is 25.0 Å². The van der Waals surface area contributed by atoms with Crippen molar-refractivity contribution in [3.8, 4) is 0 Å². The quantitative estimate of drug-likeness (QED) is 0.892. The Balaban J connectivity index is 1.99. The van der Waals surface area contributed by atoms with Crippen LogP contribution in [0.5, 0.6) is 0 Å². The summed E-state index contributed by atoms with van der Waals surface area (Å²) in [6.45, 7) is 3.62. The summed E-state index contributed by atoms with van der Waals surface area (Å²) in [4.78, 5) is 25.3. The van der Waals surface area contributed by atoms with E-state index in [-0.39, 0.29) is 11.6 Å². The van der Waals surface area contributed by atoms with Crippen LogP contribution in [0, 0.1) is 11.7 Å². The van der Waals surface area contributed by atoms with Gasteiger partial charge in [0.1, 0.15) is 5.82 Å². The molecule has 5 nitrogen and oxygen atoms in total. The Morgan fingerprint density at radius 1 is 1.35 bits per heavy atom. The van der Waals surface area contributed by atoms with Crippen molar-refractivity contribution < 1.29 is 14.0 Å². The summed E-state index contributed by atoms with van der Waals surface area (Å²) in [5, 5.41) is 2.72. The van der Waals surface area contributed by atoms with Gasteiger partial charge in [-0.2, -0.15) is 0 Å². The maximum Gasteiger partial charge on any atom is 0.321 e. The first-order chi connectivity index (χ1) is 11.0. The molecule has 3 amide bonds. The van der Waals surface area contributed by atoms with Crippen LogP contribution < -0.4 is 11.1 Å². The van der Waals surface area contributed by atoms with Gasteiger partial charge in [-0.15, -0.1) is 0 Å². The highest BCUT2D eigenvalue weighted by molar-refractivity contribution is 5.96. The number of hydrogen-bond donors (Lipinski definition) is 2. The van der Waals surface area contributed by atoms with Gasteiger partial charge in [0.05, 0.1) is 5.56 Å². The van der Waals surface area contributed by atoms with Gasteiger partial charge < -0.3 is 16.0 Å². The summed E-state index contributed by atoms with van der Waals surface area (Å²) in [5.74, 6) is -0.853. The summed E-state index contributed by atoms with van der Waals surface area (Å²) in [6.07, 6.45) is 5.53. The van der Waals surface area contributed by atoms with Crippen LogP contribution in [-0.4, -0.2) is 29.9 Å². The molecule has 1 aliphatic heterocycles. The molecule has 0 unspecified atom stereocenters. The lowest BCUT2D eigenvalue weighted by atomic mass is 9.96. The molecule has 1 fully saturated rings. The van der Waals surface area contributed by atoms with Crippen LogP contribution >= 0.6 is 0 Å². The van der Waals surface area contributed by atoms with Gasteiger partial charge >= 0.3 is 6.03 Å². The van der Waals surface area contributed by atoms with Crippen molar-refractivity contribution in [2.45, 2.75) is 39.0 Å². The lowest BCUT2D eigenvalue weighted by Crippen LogP contribution is -2.35. The SMILES string of the molecule is CCC[C@H]1CCCN(C(=O)Nc2ccc(F)c(C(N)=O)c2)CC1. The Morgan fingerprint density at radius 3 is 2.83 bits per heavy atom. The molecule has 1 heterocycles. The van der Waals surface area contributed by atoms with E-state index < -0.39 is 11.7 Å². The lowest BCUT2D eigenvalue weighted by molar-refractivity contribution is 0.0996. The maximum absolute atomic E-state index is 13.5. The molecule has 1 aromatic rings. The first-order valence-electron chi connectivity index (χ1n) is 8.16. The number of nitrogens with two attached hydrogens (primary N) is 1. The summed E-state index contributed by atoms with van der Waals surface area (Å²) in [5.41, 5.74) is 5.27. The summed E-state index contributed by atoms with van der Waals surface area (Å²) >= 11 is 0. The van der Waals surface area contributed by atoms with Crippen molar-refractivity contribution in [3.05, 3.63) is 29.6 Å². The molecule has 0 saturated carbocycles. The third-order valence-corrected chi connectivity index (χ3v) is 4.31. The third-order valence-electron chi connectivity index (χ3n) is 4.31. The van der Waals surface area contributed by atoms with Crippen molar-refractivity contribution in [3.63, 3.8) is 0 Å². The van der Waals surface area contributed by atoms with E-state index in [2.05, 4.69) is 12.2 Å². The minimum Gasteiger partial charge on any atom is -0.366 e. The van der Waals surface area contributed by atoms with Crippen molar-refractivity contribution in [2.75, 3.05) is 18.4 Å². The molecule has 3 N–H and O–H groups in total. The average molecular weight is 321 g/mol. The monoisotopic (exact) mass is 321 g/mol. The van der Waals surface area contributed by atoms with Crippen LogP contribution in [0.2, 0.25) is 0 Å². The Labute approximate surface area is 136 Å². The van der Waals surface area contributed by atoms with E-state index >= 15 is 0 Å². The summed E-state index contributed by atoms with van der Waals surface area (Å²) in [6, 6.07) is 3.62. The largest absolute Gasteiger partial charge is 0.366 e. The Hall–Kier alpha value is -2.11. The second-order valence-electron chi connectivity index (χ2n) is 6.06. The number of nitrogens with one attached hydrogen (secondary N) is 1. The number of rotatable bonds is 4. The number of carbonyl (C=O) groups excluding carboxylic acids is 2. The van der Waals surface area contributed by atoms with Gasteiger partial charge in [0.15, 0.2) is 0 Å². The maximum atomic E-state index is 13.5. The highest BCUT2D eigenvalue weighted by Crippen LogP contribution is 2.22. The van der Waals surface area contributed by atoms with Gasteiger partial charge in [0.25, 0.3) is 5.91 Å². The molecule has 0 spiro atoms. The van der Waals surface area contributed by atoms with Crippen LogP contribution in [0.3, 0.4) is 0 Å². The van der Waals surface area contributed by atoms with E-state index in [1.54, 1.807) is 4.90 Å². The molecule has 1 atom stereocenters. The van der Waals surface area contributed by atoms with Gasteiger partial charge in [0.2, 0.25) is 0 Å². The number of amides is 3. The minimum absolute atomic E-state index is 0.218. The predicted molar refractivity (Wildman–Crippen MR) is 87.8 cm³/mol. The van der Waals surface area contributed by atoms with E-state index in [1.807, 2.05) is 0 Å². The molecule has 0 aliphatic carbocycles. The van der Waals surface area contributed by atoms with Gasteiger partial charge in [-0.3, -0.25) is 4.79 Å². The molecule has 1 aliphatic rings. The molecule has 126 valence electrons. The van der Waals surface area contributed by atoms with Crippen LogP contribution in [0.4, 0.5) is 14.9 Å². The first kappa shape index (κ1) is 17.2.